The number of carbonyl (C=O) groups excluding carboxylic acids is 1. The minimum atomic E-state index is -0.435. The normalized spacial score (nSPS) is 17.5. The first-order valence-corrected chi connectivity index (χ1v) is 11.4. The number of ether oxygens (including phenoxy) is 2. The van der Waals surface area contributed by atoms with Crippen molar-refractivity contribution in [2.75, 3.05) is 13.2 Å². The van der Waals surface area contributed by atoms with Crippen LogP contribution in [-0.2, 0) is 16.0 Å². The zero-order chi connectivity index (χ0) is 21.3. The van der Waals surface area contributed by atoms with Crippen LogP contribution >= 0.6 is 23.1 Å². The van der Waals surface area contributed by atoms with Crippen LogP contribution in [0.2, 0.25) is 0 Å². The van der Waals surface area contributed by atoms with Gasteiger partial charge in [0.05, 0.1) is 29.9 Å². The fourth-order valence-electron chi connectivity index (χ4n) is 3.34. The molecule has 0 aromatic carbocycles. The number of fused-ring (bicyclic) bond motifs is 1. The van der Waals surface area contributed by atoms with E-state index in [-0.39, 0.29) is 23.5 Å². The third-order valence-corrected chi connectivity index (χ3v) is 7.09. The van der Waals surface area contributed by atoms with Crippen LogP contribution in [0.4, 0.5) is 0 Å². The Morgan fingerprint density at radius 3 is 3.07 bits per heavy atom. The number of aromatic amines is 1. The number of tetrazole rings is 1. The van der Waals surface area contributed by atoms with Crippen LogP contribution in [0.25, 0.3) is 10.2 Å². The van der Waals surface area contributed by atoms with Crippen molar-refractivity contribution in [1.82, 2.24) is 30.2 Å². The largest absolute Gasteiger partial charge is 0.462 e. The van der Waals surface area contributed by atoms with Crippen LogP contribution in [-0.4, -0.2) is 55.5 Å². The van der Waals surface area contributed by atoms with Gasteiger partial charge in [-0.2, -0.15) is 0 Å². The smallest absolute Gasteiger partial charge is 0.348 e. The molecule has 3 aromatic rings. The molecule has 1 aliphatic rings. The molecule has 30 heavy (non-hydrogen) atoms. The summed E-state index contributed by atoms with van der Waals surface area (Å²) in [5.74, 6) is 0.0653. The lowest BCUT2D eigenvalue weighted by Crippen LogP contribution is -2.17. The molecule has 1 fully saturated rings. The number of nitrogens with zero attached hydrogens (tertiary/aromatic N) is 5. The molecule has 0 aliphatic carbocycles. The first-order valence-electron chi connectivity index (χ1n) is 9.72. The van der Waals surface area contributed by atoms with E-state index >= 15 is 0 Å². The summed E-state index contributed by atoms with van der Waals surface area (Å²) in [5.41, 5.74) is 0.320. The third kappa shape index (κ3) is 4.12. The first kappa shape index (κ1) is 20.9. The van der Waals surface area contributed by atoms with Crippen molar-refractivity contribution in [2.24, 2.45) is 0 Å². The molecule has 0 radical (unpaired) electrons. The van der Waals surface area contributed by atoms with Crippen LogP contribution in [0.5, 0.6) is 0 Å². The van der Waals surface area contributed by atoms with Crippen LogP contribution in [0.1, 0.15) is 53.0 Å². The quantitative estimate of drug-likeness (QED) is 0.427. The number of hydrogen-bond acceptors (Lipinski definition) is 10. The van der Waals surface area contributed by atoms with Gasteiger partial charge in [0.25, 0.3) is 5.56 Å². The number of esters is 1. The van der Waals surface area contributed by atoms with Crippen molar-refractivity contribution in [2.45, 2.75) is 56.7 Å². The van der Waals surface area contributed by atoms with Gasteiger partial charge in [-0.3, -0.25) is 4.79 Å². The monoisotopic (exact) mass is 450 g/mol. The Morgan fingerprint density at radius 2 is 2.33 bits per heavy atom. The van der Waals surface area contributed by atoms with Crippen LogP contribution in [0, 0.1) is 6.92 Å². The maximum atomic E-state index is 12.7. The second-order valence-corrected chi connectivity index (χ2v) is 9.25. The lowest BCUT2D eigenvalue weighted by Gasteiger charge is -2.12. The van der Waals surface area contributed by atoms with E-state index < -0.39 is 5.97 Å². The highest BCUT2D eigenvalue weighted by molar-refractivity contribution is 7.99. The molecule has 0 bridgehead atoms. The Hall–Kier alpha value is -2.31. The molecule has 2 atom stereocenters. The topological polar surface area (TPSA) is 125 Å². The minimum absolute atomic E-state index is 0.118. The molecule has 1 saturated heterocycles. The van der Waals surface area contributed by atoms with E-state index in [0.717, 1.165) is 19.4 Å². The maximum absolute atomic E-state index is 12.7. The second kappa shape index (κ2) is 8.82. The summed E-state index contributed by atoms with van der Waals surface area (Å²) in [6.45, 7) is 7.04. The molecule has 0 spiro atoms. The Labute approximate surface area is 180 Å². The van der Waals surface area contributed by atoms with Gasteiger partial charge in [0, 0.05) is 6.61 Å². The number of carbonyl (C=O) groups is 1. The predicted octanol–water partition coefficient (Wildman–Crippen LogP) is 2.49. The van der Waals surface area contributed by atoms with Gasteiger partial charge in [0.15, 0.2) is 0 Å². The molecule has 0 saturated carbocycles. The predicted molar refractivity (Wildman–Crippen MR) is 112 cm³/mol. The molecule has 1 N–H and O–H groups in total. The van der Waals surface area contributed by atoms with E-state index in [1.165, 1.54) is 23.1 Å². The molecule has 4 heterocycles. The standard InChI is InChI=1S/C18H22N6O4S2/c1-4-27-17(26)13-9(2)12-15(25)19-14(20-16(12)30-13)10(3)29-18-21-22-23-24(18)8-11-6-5-7-28-11/h10-11H,4-8H2,1-3H3,(H,19,20,25)/t10-,11+/m1/s1. The van der Waals surface area contributed by atoms with Gasteiger partial charge in [0.2, 0.25) is 5.16 Å². The van der Waals surface area contributed by atoms with E-state index in [1.54, 1.807) is 18.5 Å². The molecule has 4 rings (SSSR count). The number of thioether (sulfide) groups is 1. The Bertz CT molecular complexity index is 1120. The number of aryl methyl sites for hydroxylation is 1. The average molecular weight is 451 g/mol. The average Bonchev–Trinajstić information content (AvgIpc) is 3.44. The summed E-state index contributed by atoms with van der Waals surface area (Å²) in [4.78, 5) is 33.2. The summed E-state index contributed by atoms with van der Waals surface area (Å²) in [7, 11) is 0. The molecule has 160 valence electrons. The number of aromatic nitrogens is 6. The van der Waals surface area contributed by atoms with Crippen LogP contribution < -0.4 is 5.56 Å². The molecular weight excluding hydrogens is 428 g/mol. The minimum Gasteiger partial charge on any atom is -0.462 e. The van der Waals surface area contributed by atoms with Gasteiger partial charge >= 0.3 is 5.97 Å². The number of nitrogens with one attached hydrogen (secondary N) is 1. The Kier molecular flexibility index (Phi) is 6.16. The number of hydrogen-bond donors (Lipinski definition) is 1. The summed E-state index contributed by atoms with van der Waals surface area (Å²) in [6.07, 6.45) is 2.16. The summed E-state index contributed by atoms with van der Waals surface area (Å²) >= 11 is 2.58. The van der Waals surface area contributed by atoms with Gasteiger partial charge in [-0.15, -0.1) is 16.4 Å². The van der Waals surface area contributed by atoms with Gasteiger partial charge in [-0.1, -0.05) is 11.8 Å². The second-order valence-electron chi connectivity index (χ2n) is 6.95. The zero-order valence-corrected chi connectivity index (χ0v) is 18.5. The van der Waals surface area contributed by atoms with Crippen LogP contribution in [0.3, 0.4) is 0 Å². The number of H-pyrrole nitrogens is 1. The van der Waals surface area contributed by atoms with Crippen molar-refractivity contribution in [3.8, 4) is 0 Å². The van der Waals surface area contributed by atoms with E-state index in [2.05, 4.69) is 25.5 Å². The highest BCUT2D eigenvalue weighted by atomic mass is 32.2. The van der Waals surface area contributed by atoms with E-state index in [4.69, 9.17) is 9.47 Å². The molecular formula is C18H22N6O4S2. The fraction of sp³-hybridized carbons (Fsp3) is 0.556. The highest BCUT2D eigenvalue weighted by Crippen LogP contribution is 2.34. The van der Waals surface area contributed by atoms with Crippen molar-refractivity contribution in [3.63, 3.8) is 0 Å². The number of rotatable bonds is 7. The van der Waals surface area contributed by atoms with Gasteiger partial charge in [-0.05, 0) is 49.6 Å². The zero-order valence-electron chi connectivity index (χ0n) is 16.9. The van der Waals surface area contributed by atoms with E-state index in [9.17, 15) is 9.59 Å². The molecule has 12 heteroatoms. The maximum Gasteiger partial charge on any atom is 0.348 e. The fourth-order valence-corrected chi connectivity index (χ4v) is 5.27. The highest BCUT2D eigenvalue weighted by Gasteiger charge is 2.24. The summed E-state index contributed by atoms with van der Waals surface area (Å²) in [6, 6.07) is 0. The lowest BCUT2D eigenvalue weighted by atomic mass is 10.2. The first-order chi connectivity index (χ1) is 14.5. The Morgan fingerprint density at radius 1 is 1.50 bits per heavy atom. The number of thiophene rings is 1. The molecule has 10 nitrogen and oxygen atoms in total. The summed E-state index contributed by atoms with van der Waals surface area (Å²) < 4.78 is 12.5. The van der Waals surface area contributed by atoms with Gasteiger partial charge in [-0.25, -0.2) is 14.5 Å². The van der Waals surface area contributed by atoms with Crippen molar-refractivity contribution in [3.05, 3.63) is 26.6 Å². The molecule has 1 aliphatic heterocycles. The van der Waals surface area contributed by atoms with Crippen molar-refractivity contribution < 1.29 is 14.3 Å². The van der Waals surface area contributed by atoms with Crippen LogP contribution in [0.15, 0.2) is 9.95 Å². The lowest BCUT2D eigenvalue weighted by molar-refractivity contribution is 0.0531. The van der Waals surface area contributed by atoms with Crippen molar-refractivity contribution >= 4 is 39.3 Å². The Balaban J connectivity index is 1.58. The SMILES string of the molecule is CCOC(=O)c1sc2nc([C@@H](C)Sc3nnnn3C[C@@H]3CCCO3)[nH]c(=O)c2c1C. The summed E-state index contributed by atoms with van der Waals surface area (Å²) in [5, 5.41) is 12.8. The third-order valence-electron chi connectivity index (χ3n) is 4.85. The van der Waals surface area contributed by atoms with Gasteiger partial charge < -0.3 is 14.5 Å². The van der Waals surface area contributed by atoms with E-state index in [0.29, 0.717) is 38.2 Å². The van der Waals surface area contributed by atoms with Crippen molar-refractivity contribution in [1.29, 1.82) is 0 Å². The molecule has 3 aromatic heterocycles. The van der Waals surface area contributed by atoms with E-state index in [1.807, 2.05) is 6.92 Å². The molecule has 0 unspecified atom stereocenters. The van der Waals surface area contributed by atoms with Gasteiger partial charge in [0.1, 0.15) is 15.5 Å². The molecule has 0 amide bonds.